The molecule has 1 heterocycles. The van der Waals surface area contributed by atoms with Crippen LogP contribution in [0.1, 0.15) is 58.7 Å². The van der Waals surface area contributed by atoms with Gasteiger partial charge in [-0.05, 0) is 26.3 Å². The molecule has 0 aliphatic heterocycles. The molecule has 1 rings (SSSR count). The number of aromatic nitrogens is 2. The molecule has 0 unspecified atom stereocenters. The van der Waals surface area contributed by atoms with Gasteiger partial charge in [0.05, 0.1) is 0 Å². The van der Waals surface area contributed by atoms with Crippen molar-refractivity contribution in [3.05, 3.63) is 24.8 Å². The molecule has 0 radical (unpaired) electrons. The van der Waals surface area contributed by atoms with Crippen molar-refractivity contribution in [2.75, 3.05) is 0 Å². The Balaban J connectivity index is 2.59. The van der Waals surface area contributed by atoms with Gasteiger partial charge in [-0.2, -0.15) is 0 Å². The molecule has 0 saturated heterocycles. The molecule has 2 nitrogen and oxygen atoms in total. The first-order valence-corrected chi connectivity index (χ1v) is 6.28. The zero-order chi connectivity index (χ0) is 12.0. The van der Waals surface area contributed by atoms with Crippen LogP contribution < -0.4 is 0 Å². The van der Waals surface area contributed by atoms with Crippen molar-refractivity contribution in [3.8, 4) is 0 Å². The smallest absolute Gasteiger partial charge is 0.132 e. The monoisotopic (exact) mass is 220 g/mol. The summed E-state index contributed by atoms with van der Waals surface area (Å²) < 4.78 is 2.23. The van der Waals surface area contributed by atoms with E-state index in [9.17, 15) is 0 Å². The lowest BCUT2D eigenvalue weighted by molar-refractivity contribution is 0.311. The van der Waals surface area contributed by atoms with Gasteiger partial charge in [0.25, 0.3) is 0 Å². The average molecular weight is 220 g/mol. The fourth-order valence-electron chi connectivity index (χ4n) is 2.08. The molecule has 0 amide bonds. The van der Waals surface area contributed by atoms with Gasteiger partial charge in [-0.25, -0.2) is 4.98 Å². The molecule has 1 aromatic heterocycles. The molecular formula is C14H24N2. The Hall–Kier alpha value is -1.05. The van der Waals surface area contributed by atoms with E-state index >= 15 is 0 Å². The van der Waals surface area contributed by atoms with Crippen LogP contribution in [0.25, 0.3) is 6.08 Å². The van der Waals surface area contributed by atoms with Crippen LogP contribution in [0.2, 0.25) is 0 Å². The van der Waals surface area contributed by atoms with E-state index in [0.29, 0.717) is 0 Å². The molecule has 90 valence electrons. The first-order chi connectivity index (χ1) is 7.61. The summed E-state index contributed by atoms with van der Waals surface area (Å²) in [6, 6.07) is 0. The number of nitrogens with zero attached hydrogens (tertiary/aromatic N) is 2. The molecule has 0 N–H and O–H groups in total. The summed E-state index contributed by atoms with van der Waals surface area (Å²) in [7, 11) is 0. The quantitative estimate of drug-likeness (QED) is 0.629. The average Bonchev–Trinajstić information content (AvgIpc) is 2.73. The minimum absolute atomic E-state index is 0.147. The maximum atomic E-state index is 4.29. The van der Waals surface area contributed by atoms with Crippen molar-refractivity contribution < 1.29 is 0 Å². The predicted octanol–water partition coefficient (Wildman–Crippen LogP) is 4.23. The Morgan fingerprint density at radius 3 is 2.75 bits per heavy atom. The normalized spacial score (nSPS) is 11.7. The van der Waals surface area contributed by atoms with Gasteiger partial charge >= 0.3 is 0 Å². The largest absolute Gasteiger partial charge is 0.326 e. The van der Waals surface area contributed by atoms with Gasteiger partial charge in [0.2, 0.25) is 0 Å². The lowest BCUT2D eigenvalue weighted by atomic mass is 9.96. The Kier molecular flexibility index (Phi) is 4.78. The van der Waals surface area contributed by atoms with Crippen LogP contribution in [0, 0.1) is 0 Å². The zero-order valence-electron chi connectivity index (χ0n) is 10.9. The van der Waals surface area contributed by atoms with Crippen molar-refractivity contribution in [2.45, 2.75) is 58.4 Å². The highest BCUT2D eigenvalue weighted by molar-refractivity contribution is 5.37. The Morgan fingerprint density at radius 1 is 1.38 bits per heavy atom. The summed E-state index contributed by atoms with van der Waals surface area (Å²) in [4.78, 5) is 4.29. The fourth-order valence-corrected chi connectivity index (χ4v) is 2.08. The molecule has 16 heavy (non-hydrogen) atoms. The lowest BCUT2D eigenvalue weighted by Gasteiger charge is -2.28. The van der Waals surface area contributed by atoms with Crippen LogP contribution in [-0.4, -0.2) is 9.55 Å². The van der Waals surface area contributed by atoms with Crippen molar-refractivity contribution in [3.63, 3.8) is 0 Å². The lowest BCUT2D eigenvalue weighted by Crippen LogP contribution is -2.26. The Morgan fingerprint density at radius 2 is 2.12 bits per heavy atom. The van der Waals surface area contributed by atoms with Gasteiger partial charge in [-0.3, -0.25) is 0 Å². The second kappa shape index (κ2) is 5.88. The molecule has 0 bridgehead atoms. The summed E-state index contributed by atoms with van der Waals surface area (Å²) in [6.45, 7) is 10.6. The maximum Gasteiger partial charge on any atom is 0.132 e. The van der Waals surface area contributed by atoms with Gasteiger partial charge in [-0.1, -0.05) is 39.2 Å². The maximum absolute atomic E-state index is 4.29. The highest BCUT2D eigenvalue weighted by Crippen LogP contribution is 2.24. The third kappa shape index (κ3) is 3.22. The van der Waals surface area contributed by atoms with Gasteiger partial charge in [0.15, 0.2) is 0 Å². The third-order valence-electron chi connectivity index (χ3n) is 3.15. The number of rotatable bonds is 7. The molecule has 0 atom stereocenters. The molecular weight excluding hydrogens is 196 g/mol. The molecule has 1 aromatic rings. The van der Waals surface area contributed by atoms with Crippen molar-refractivity contribution in [2.24, 2.45) is 0 Å². The van der Waals surface area contributed by atoms with Crippen LogP contribution in [0.15, 0.2) is 19.0 Å². The first-order valence-electron chi connectivity index (χ1n) is 6.28. The number of imidazole rings is 1. The van der Waals surface area contributed by atoms with E-state index in [1.165, 1.54) is 32.1 Å². The molecule has 0 aliphatic rings. The van der Waals surface area contributed by atoms with Crippen LogP contribution in [0.3, 0.4) is 0 Å². The topological polar surface area (TPSA) is 17.8 Å². The van der Waals surface area contributed by atoms with E-state index in [2.05, 4.69) is 43.1 Å². The highest BCUT2D eigenvalue weighted by atomic mass is 15.1. The zero-order valence-corrected chi connectivity index (χ0v) is 10.9. The minimum atomic E-state index is 0.147. The summed E-state index contributed by atoms with van der Waals surface area (Å²) >= 11 is 0. The minimum Gasteiger partial charge on any atom is -0.326 e. The van der Waals surface area contributed by atoms with Crippen LogP contribution in [0.4, 0.5) is 0 Å². The summed E-state index contributed by atoms with van der Waals surface area (Å²) in [6.07, 6.45) is 12.2. The van der Waals surface area contributed by atoms with Gasteiger partial charge in [0, 0.05) is 17.9 Å². The number of hydrogen-bond donors (Lipinski definition) is 0. The first kappa shape index (κ1) is 13.0. The van der Waals surface area contributed by atoms with E-state index in [4.69, 9.17) is 0 Å². The summed E-state index contributed by atoms with van der Waals surface area (Å²) in [5.41, 5.74) is 0.147. The fraction of sp³-hybridized carbons (Fsp3) is 0.643. The predicted molar refractivity (Wildman–Crippen MR) is 70.4 cm³/mol. The standard InChI is InChI=1S/C14H24N2/c1-5-7-8-9-10-14(3,4)16-12-11-15-13(16)6-2/h6,11-12H,2,5,7-10H2,1,3-4H3. The third-order valence-corrected chi connectivity index (χ3v) is 3.15. The SMILES string of the molecule is C=Cc1nccn1C(C)(C)CCCCCC. The molecule has 0 aliphatic carbocycles. The van der Waals surface area contributed by atoms with Crippen molar-refractivity contribution >= 4 is 6.08 Å². The van der Waals surface area contributed by atoms with Gasteiger partial charge in [0.1, 0.15) is 5.82 Å². The second-order valence-electron chi connectivity index (χ2n) is 4.98. The summed E-state index contributed by atoms with van der Waals surface area (Å²) in [5.74, 6) is 0.973. The summed E-state index contributed by atoms with van der Waals surface area (Å²) in [5, 5.41) is 0. The van der Waals surface area contributed by atoms with E-state index < -0.39 is 0 Å². The molecule has 0 spiro atoms. The van der Waals surface area contributed by atoms with Gasteiger partial charge < -0.3 is 4.57 Å². The molecule has 0 saturated carbocycles. The number of hydrogen-bond acceptors (Lipinski definition) is 1. The van der Waals surface area contributed by atoms with E-state index in [0.717, 1.165) is 5.82 Å². The number of unbranched alkanes of at least 4 members (excludes halogenated alkanes) is 3. The van der Waals surface area contributed by atoms with Crippen LogP contribution in [0.5, 0.6) is 0 Å². The highest BCUT2D eigenvalue weighted by Gasteiger charge is 2.20. The van der Waals surface area contributed by atoms with Crippen molar-refractivity contribution in [1.82, 2.24) is 9.55 Å². The van der Waals surface area contributed by atoms with Crippen molar-refractivity contribution in [1.29, 1.82) is 0 Å². The van der Waals surface area contributed by atoms with E-state index in [1.54, 1.807) is 0 Å². The molecule has 0 fully saturated rings. The van der Waals surface area contributed by atoms with E-state index in [-0.39, 0.29) is 5.54 Å². The Bertz CT molecular complexity index is 323. The van der Waals surface area contributed by atoms with E-state index in [1.807, 2.05) is 12.3 Å². The molecule has 0 aromatic carbocycles. The second-order valence-corrected chi connectivity index (χ2v) is 4.98. The molecule has 2 heteroatoms. The van der Waals surface area contributed by atoms with Crippen LogP contribution in [-0.2, 0) is 5.54 Å². The Labute approximate surface area is 99.4 Å². The van der Waals surface area contributed by atoms with Crippen LogP contribution >= 0.6 is 0 Å². The van der Waals surface area contributed by atoms with Gasteiger partial charge in [-0.15, -0.1) is 0 Å².